The summed E-state index contributed by atoms with van der Waals surface area (Å²) in [6.07, 6.45) is 0.500. The Kier molecular flexibility index (Phi) is 4.29. The van der Waals surface area contributed by atoms with Gasteiger partial charge in [0.2, 0.25) is 10.0 Å². The van der Waals surface area contributed by atoms with Crippen molar-refractivity contribution in [2.24, 2.45) is 7.05 Å². The van der Waals surface area contributed by atoms with Crippen molar-refractivity contribution in [3.8, 4) is 0 Å². The van der Waals surface area contributed by atoms with Gasteiger partial charge >= 0.3 is 5.76 Å². The topological polar surface area (TPSA) is 81.3 Å². The number of fused-ring (bicyclic) bond motifs is 1. The van der Waals surface area contributed by atoms with Crippen molar-refractivity contribution in [3.63, 3.8) is 0 Å². The second-order valence-electron chi connectivity index (χ2n) is 5.64. The van der Waals surface area contributed by atoms with Gasteiger partial charge < -0.3 is 4.42 Å². The Bertz CT molecular complexity index is 1050. The molecule has 0 unspecified atom stereocenters. The first-order valence-electron chi connectivity index (χ1n) is 7.52. The lowest BCUT2D eigenvalue weighted by molar-refractivity contribution is 0.528. The monoisotopic (exact) mass is 346 g/mol. The Morgan fingerprint density at radius 3 is 2.67 bits per heavy atom. The molecule has 3 rings (SSSR count). The third-order valence-electron chi connectivity index (χ3n) is 3.95. The minimum absolute atomic E-state index is 0.263. The maximum atomic E-state index is 12.3. The van der Waals surface area contributed by atoms with Gasteiger partial charge in [-0.3, -0.25) is 4.57 Å². The van der Waals surface area contributed by atoms with E-state index in [0.29, 0.717) is 23.1 Å². The minimum atomic E-state index is -3.53. The molecule has 1 aromatic heterocycles. The fraction of sp³-hybridized carbons (Fsp3) is 0.235. The summed E-state index contributed by atoms with van der Waals surface area (Å²) in [5, 5.41) is 0. The van der Waals surface area contributed by atoms with E-state index in [1.807, 2.05) is 6.07 Å². The number of benzene rings is 2. The van der Waals surface area contributed by atoms with Crippen molar-refractivity contribution in [2.45, 2.75) is 18.2 Å². The first-order chi connectivity index (χ1) is 11.4. The average Bonchev–Trinajstić information content (AvgIpc) is 2.82. The van der Waals surface area contributed by atoms with E-state index in [-0.39, 0.29) is 11.4 Å². The molecule has 0 bridgehead atoms. The van der Waals surface area contributed by atoms with Crippen LogP contribution in [0.2, 0.25) is 0 Å². The predicted molar refractivity (Wildman–Crippen MR) is 91.5 cm³/mol. The fourth-order valence-electron chi connectivity index (χ4n) is 2.60. The van der Waals surface area contributed by atoms with E-state index in [0.717, 1.165) is 5.56 Å². The van der Waals surface area contributed by atoms with Crippen molar-refractivity contribution in [1.29, 1.82) is 0 Å². The lowest BCUT2D eigenvalue weighted by Gasteiger charge is -2.09. The van der Waals surface area contributed by atoms with Gasteiger partial charge in [0.1, 0.15) is 0 Å². The van der Waals surface area contributed by atoms with Crippen molar-refractivity contribution >= 4 is 21.1 Å². The molecular weight excluding hydrogens is 328 g/mol. The third-order valence-corrected chi connectivity index (χ3v) is 5.57. The second-order valence-corrected chi connectivity index (χ2v) is 7.38. The molecule has 126 valence electrons. The average molecular weight is 346 g/mol. The van der Waals surface area contributed by atoms with Gasteiger partial charge in [-0.1, -0.05) is 24.3 Å². The maximum Gasteiger partial charge on any atom is 0.419 e. The molecular formula is C17H18N2O4S. The first-order valence-corrected chi connectivity index (χ1v) is 9.00. The number of nitrogens with one attached hydrogen (secondary N) is 1. The van der Waals surface area contributed by atoms with Gasteiger partial charge in [-0.25, -0.2) is 17.9 Å². The molecule has 0 amide bonds. The lowest BCUT2D eigenvalue weighted by atomic mass is 10.1. The maximum absolute atomic E-state index is 12.3. The molecule has 24 heavy (non-hydrogen) atoms. The Morgan fingerprint density at radius 1 is 1.17 bits per heavy atom. The van der Waals surface area contributed by atoms with E-state index in [1.165, 1.54) is 4.57 Å². The van der Waals surface area contributed by atoms with Gasteiger partial charge in [0.25, 0.3) is 0 Å². The minimum Gasteiger partial charge on any atom is -0.408 e. The molecule has 0 aliphatic heterocycles. The molecule has 0 aliphatic carbocycles. The highest BCUT2D eigenvalue weighted by atomic mass is 32.2. The van der Waals surface area contributed by atoms with Crippen LogP contribution < -0.4 is 10.5 Å². The molecule has 1 N–H and O–H groups in total. The van der Waals surface area contributed by atoms with E-state index in [4.69, 9.17) is 4.42 Å². The Labute approximate surface area is 139 Å². The van der Waals surface area contributed by atoms with Gasteiger partial charge in [-0.2, -0.15) is 0 Å². The van der Waals surface area contributed by atoms with Crippen LogP contribution in [0.25, 0.3) is 11.1 Å². The number of hydrogen-bond donors (Lipinski definition) is 1. The summed E-state index contributed by atoms with van der Waals surface area (Å²) < 4.78 is 33.8. The van der Waals surface area contributed by atoms with Crippen LogP contribution >= 0.6 is 0 Å². The zero-order valence-corrected chi connectivity index (χ0v) is 14.3. The highest BCUT2D eigenvalue weighted by Gasteiger charge is 2.15. The zero-order chi connectivity index (χ0) is 17.3. The van der Waals surface area contributed by atoms with E-state index in [1.54, 1.807) is 50.4 Å². The molecule has 0 saturated carbocycles. The molecule has 0 radical (unpaired) electrons. The molecule has 0 aliphatic rings. The van der Waals surface area contributed by atoms with Crippen LogP contribution in [0, 0.1) is 6.92 Å². The van der Waals surface area contributed by atoms with Crippen LogP contribution in [0.3, 0.4) is 0 Å². The standard InChI is InChI=1S/C17H18N2O4S/c1-12-5-3-4-6-16(12)24(21,22)18-10-9-13-7-8-14-15(11-13)23-17(20)19(14)2/h3-8,11,18H,9-10H2,1-2H3. The van der Waals surface area contributed by atoms with Crippen molar-refractivity contribution in [2.75, 3.05) is 6.54 Å². The van der Waals surface area contributed by atoms with Crippen LogP contribution in [-0.2, 0) is 23.5 Å². The summed E-state index contributed by atoms with van der Waals surface area (Å²) in [7, 11) is -1.89. The van der Waals surface area contributed by atoms with Crippen LogP contribution in [-0.4, -0.2) is 19.5 Å². The van der Waals surface area contributed by atoms with Crippen molar-refractivity contribution in [3.05, 3.63) is 64.1 Å². The molecule has 3 aromatic rings. The fourth-order valence-corrected chi connectivity index (χ4v) is 3.88. The number of oxazole rings is 1. The normalized spacial score (nSPS) is 11.9. The molecule has 6 nitrogen and oxygen atoms in total. The van der Waals surface area contributed by atoms with Crippen LogP contribution in [0.5, 0.6) is 0 Å². The molecule has 1 heterocycles. The number of nitrogens with zero attached hydrogens (tertiary/aromatic N) is 1. The molecule has 0 fully saturated rings. The van der Waals surface area contributed by atoms with Gasteiger partial charge in [-0.05, 0) is 42.7 Å². The van der Waals surface area contributed by atoms with Crippen LogP contribution in [0.4, 0.5) is 0 Å². The Hall–Kier alpha value is -2.38. The van der Waals surface area contributed by atoms with Crippen LogP contribution in [0.15, 0.2) is 56.6 Å². The summed E-state index contributed by atoms with van der Waals surface area (Å²) >= 11 is 0. The van der Waals surface area contributed by atoms with Gasteiger partial charge in [0, 0.05) is 13.6 Å². The summed E-state index contributed by atoms with van der Waals surface area (Å²) in [6.45, 7) is 2.03. The quantitative estimate of drug-likeness (QED) is 0.766. The molecule has 0 atom stereocenters. The van der Waals surface area contributed by atoms with Gasteiger partial charge in [-0.15, -0.1) is 0 Å². The largest absolute Gasteiger partial charge is 0.419 e. The molecule has 2 aromatic carbocycles. The number of aryl methyl sites for hydroxylation is 2. The summed E-state index contributed by atoms with van der Waals surface area (Å²) in [5.41, 5.74) is 2.81. The highest BCUT2D eigenvalue weighted by Crippen LogP contribution is 2.16. The smallest absolute Gasteiger partial charge is 0.408 e. The van der Waals surface area contributed by atoms with Gasteiger partial charge in [0.05, 0.1) is 10.4 Å². The predicted octanol–water partition coefficient (Wildman–Crippen LogP) is 1.96. The summed E-state index contributed by atoms with van der Waals surface area (Å²) in [6, 6.07) is 12.3. The molecule has 7 heteroatoms. The number of sulfonamides is 1. The highest BCUT2D eigenvalue weighted by molar-refractivity contribution is 7.89. The third kappa shape index (κ3) is 3.13. The number of hydrogen-bond acceptors (Lipinski definition) is 4. The van der Waals surface area contributed by atoms with E-state index in [2.05, 4.69) is 4.72 Å². The van der Waals surface area contributed by atoms with Crippen molar-refractivity contribution in [1.82, 2.24) is 9.29 Å². The summed E-state index contributed by atoms with van der Waals surface area (Å²) in [4.78, 5) is 11.8. The van der Waals surface area contributed by atoms with Crippen molar-refractivity contribution < 1.29 is 12.8 Å². The number of aromatic nitrogens is 1. The van der Waals surface area contributed by atoms with E-state index in [9.17, 15) is 13.2 Å². The van der Waals surface area contributed by atoms with E-state index >= 15 is 0 Å². The molecule has 0 spiro atoms. The number of rotatable bonds is 5. The first kappa shape index (κ1) is 16.5. The lowest BCUT2D eigenvalue weighted by Crippen LogP contribution is -2.26. The summed E-state index contributed by atoms with van der Waals surface area (Å²) in [5.74, 6) is -0.414. The second kappa shape index (κ2) is 6.26. The Balaban J connectivity index is 1.72. The Morgan fingerprint density at radius 2 is 1.92 bits per heavy atom. The van der Waals surface area contributed by atoms with E-state index < -0.39 is 15.8 Å². The molecule has 0 saturated heterocycles. The van der Waals surface area contributed by atoms with Crippen LogP contribution in [0.1, 0.15) is 11.1 Å². The zero-order valence-electron chi connectivity index (χ0n) is 13.4. The SMILES string of the molecule is Cc1ccccc1S(=O)(=O)NCCc1ccc2c(c1)oc(=O)n2C. The van der Waals surface area contributed by atoms with Gasteiger partial charge in [0.15, 0.2) is 5.58 Å².